The van der Waals surface area contributed by atoms with Crippen molar-refractivity contribution in [1.29, 1.82) is 0 Å². The Balaban J connectivity index is 3.11. The molecule has 4 nitrogen and oxygen atoms in total. The first-order valence-electron chi connectivity index (χ1n) is 9.53. The van der Waals surface area contributed by atoms with E-state index in [2.05, 4.69) is 67.2 Å². The van der Waals surface area contributed by atoms with Gasteiger partial charge in [0, 0.05) is 0 Å². The van der Waals surface area contributed by atoms with E-state index in [0.717, 1.165) is 19.3 Å². The minimum Gasteiger partial charge on any atom is -0.368 e. The lowest BCUT2D eigenvalue weighted by Gasteiger charge is -2.44. The van der Waals surface area contributed by atoms with Crippen LogP contribution < -0.4 is 0 Å². The first kappa shape index (κ1) is 22.1. The summed E-state index contributed by atoms with van der Waals surface area (Å²) in [6.45, 7) is 21.1. The zero-order valence-corrected chi connectivity index (χ0v) is 18.6. The van der Waals surface area contributed by atoms with Crippen LogP contribution in [0.15, 0.2) is 0 Å². The van der Waals surface area contributed by atoms with Gasteiger partial charge in [-0.2, -0.15) is 0 Å². The van der Waals surface area contributed by atoms with Crippen LogP contribution in [0.1, 0.15) is 88.0 Å². The molecule has 0 bridgehead atoms. The van der Waals surface area contributed by atoms with Gasteiger partial charge in [-0.3, -0.25) is 4.90 Å². The van der Waals surface area contributed by atoms with Crippen LogP contribution in [-0.4, -0.2) is 49.8 Å². The molecular weight excluding hydrogens is 318 g/mol. The van der Waals surface area contributed by atoms with E-state index in [0.29, 0.717) is 0 Å². The Morgan fingerprint density at radius 2 is 0.958 bits per heavy atom. The molecule has 1 saturated heterocycles. The van der Waals surface area contributed by atoms with E-state index < -0.39 is 8.80 Å². The van der Waals surface area contributed by atoms with Crippen molar-refractivity contribution in [1.82, 2.24) is 4.90 Å². The molecule has 0 aromatic rings. The molecule has 0 N–H and O–H groups in total. The average molecular weight is 360 g/mol. The maximum atomic E-state index is 6.57. The molecule has 1 heterocycles. The Morgan fingerprint density at radius 1 is 0.625 bits per heavy atom. The van der Waals surface area contributed by atoms with Crippen LogP contribution in [-0.2, 0) is 13.3 Å². The predicted molar refractivity (Wildman–Crippen MR) is 103 cm³/mol. The van der Waals surface area contributed by atoms with E-state index in [4.69, 9.17) is 13.3 Å². The Kier molecular flexibility index (Phi) is 7.52. The van der Waals surface area contributed by atoms with E-state index in [-0.39, 0.29) is 16.8 Å². The maximum Gasteiger partial charge on any atom is 0.517 e. The van der Waals surface area contributed by atoms with Crippen molar-refractivity contribution >= 4 is 8.80 Å². The smallest absolute Gasteiger partial charge is 0.368 e. The molecule has 0 aromatic carbocycles. The number of hydrogen-bond donors (Lipinski definition) is 0. The average Bonchev–Trinajstić information content (AvgIpc) is 2.48. The van der Waals surface area contributed by atoms with Crippen molar-refractivity contribution in [3.8, 4) is 0 Å². The summed E-state index contributed by atoms with van der Waals surface area (Å²) in [5, 5.41) is 0. The highest BCUT2D eigenvalue weighted by Gasteiger charge is 2.51. The van der Waals surface area contributed by atoms with Crippen LogP contribution in [0.4, 0.5) is 0 Å². The molecule has 144 valence electrons. The lowest BCUT2D eigenvalue weighted by Crippen LogP contribution is -2.63. The number of hydrogen-bond acceptors (Lipinski definition) is 4. The molecular formula is C19H41NO3Si. The molecule has 0 spiro atoms. The van der Waals surface area contributed by atoms with Gasteiger partial charge in [-0.1, -0.05) is 12.8 Å². The normalized spacial score (nSPS) is 19.4. The van der Waals surface area contributed by atoms with E-state index in [1.807, 2.05) is 0 Å². The highest BCUT2D eigenvalue weighted by Crippen LogP contribution is 2.30. The number of likely N-dealkylation sites (tertiary alicyclic amines) is 1. The summed E-state index contributed by atoms with van der Waals surface area (Å²) in [5.74, 6) is 0. The lowest BCUT2D eigenvalue weighted by atomic mass is 10.2. The minimum atomic E-state index is -2.89. The molecule has 0 saturated carbocycles. The quantitative estimate of drug-likeness (QED) is 0.661. The first-order valence-corrected chi connectivity index (χ1v) is 11.5. The zero-order valence-electron chi connectivity index (χ0n) is 17.6. The second-order valence-electron chi connectivity index (χ2n) is 10.0. The molecule has 1 aliphatic rings. The van der Waals surface area contributed by atoms with E-state index in [1.54, 1.807) is 0 Å². The summed E-state index contributed by atoms with van der Waals surface area (Å²) in [4.78, 5) is 2.50. The number of rotatable bonds is 5. The highest BCUT2D eigenvalue weighted by molar-refractivity contribution is 6.61. The molecule has 1 rings (SSSR count). The Hall–Kier alpha value is 0.0569. The van der Waals surface area contributed by atoms with Gasteiger partial charge in [-0.25, -0.2) is 0 Å². The van der Waals surface area contributed by atoms with Gasteiger partial charge in [-0.15, -0.1) is 0 Å². The molecule has 24 heavy (non-hydrogen) atoms. The topological polar surface area (TPSA) is 30.9 Å². The van der Waals surface area contributed by atoms with Crippen molar-refractivity contribution in [3.05, 3.63) is 0 Å². The highest BCUT2D eigenvalue weighted by atomic mass is 28.4. The minimum absolute atomic E-state index is 0.297. The van der Waals surface area contributed by atoms with Crippen molar-refractivity contribution < 1.29 is 13.3 Å². The molecule has 0 aliphatic carbocycles. The van der Waals surface area contributed by atoms with Crippen LogP contribution in [0.3, 0.4) is 0 Å². The van der Waals surface area contributed by atoms with Gasteiger partial charge in [0.15, 0.2) is 0 Å². The van der Waals surface area contributed by atoms with Crippen molar-refractivity contribution in [2.75, 3.05) is 19.3 Å². The maximum absolute atomic E-state index is 6.57. The monoisotopic (exact) mass is 359 g/mol. The largest absolute Gasteiger partial charge is 0.517 e. The van der Waals surface area contributed by atoms with Gasteiger partial charge in [0.05, 0.1) is 23.0 Å². The van der Waals surface area contributed by atoms with Crippen molar-refractivity contribution in [3.63, 3.8) is 0 Å². The van der Waals surface area contributed by atoms with Crippen molar-refractivity contribution in [2.45, 2.75) is 105 Å². The number of nitrogens with zero attached hydrogens (tertiary/aromatic N) is 1. The molecule has 1 aliphatic heterocycles. The van der Waals surface area contributed by atoms with Gasteiger partial charge in [0.1, 0.15) is 0 Å². The zero-order chi connectivity index (χ0) is 18.6. The molecule has 1 fully saturated rings. The fourth-order valence-electron chi connectivity index (χ4n) is 3.13. The van der Waals surface area contributed by atoms with Crippen LogP contribution >= 0.6 is 0 Å². The van der Waals surface area contributed by atoms with E-state index in [9.17, 15) is 0 Å². The third kappa shape index (κ3) is 9.52. The fraction of sp³-hybridized carbons (Fsp3) is 1.00. The second kappa shape index (κ2) is 8.17. The summed E-state index contributed by atoms with van der Waals surface area (Å²) in [6.07, 6.45) is 5.94. The molecule has 0 unspecified atom stereocenters. The van der Waals surface area contributed by atoms with Gasteiger partial charge >= 0.3 is 8.80 Å². The Bertz CT molecular complexity index is 331. The third-order valence-corrected chi connectivity index (χ3v) is 7.11. The Labute approximate surface area is 151 Å². The van der Waals surface area contributed by atoms with Gasteiger partial charge in [0.25, 0.3) is 0 Å². The molecule has 0 atom stereocenters. The van der Waals surface area contributed by atoms with Gasteiger partial charge in [0.2, 0.25) is 0 Å². The molecule has 0 aromatic heterocycles. The summed E-state index contributed by atoms with van der Waals surface area (Å²) < 4.78 is 19.7. The summed E-state index contributed by atoms with van der Waals surface area (Å²) in [5.41, 5.74) is -0.891. The second-order valence-corrected chi connectivity index (χ2v) is 12.3. The van der Waals surface area contributed by atoms with Crippen molar-refractivity contribution in [2.24, 2.45) is 0 Å². The summed E-state index contributed by atoms with van der Waals surface area (Å²) in [6, 6.07) is 0. The SMILES string of the molecule is CC(C)(C)O[Si](CN1CCCCCC1)(OC(C)(C)C)OC(C)(C)C. The predicted octanol–water partition coefficient (Wildman–Crippen LogP) is 4.79. The molecule has 0 radical (unpaired) electrons. The first-order chi connectivity index (χ1) is 10.7. The summed E-state index contributed by atoms with van der Waals surface area (Å²) in [7, 11) is -2.89. The molecule has 0 amide bonds. The van der Waals surface area contributed by atoms with E-state index in [1.165, 1.54) is 25.7 Å². The van der Waals surface area contributed by atoms with Gasteiger partial charge in [-0.05, 0) is 88.2 Å². The van der Waals surface area contributed by atoms with Crippen LogP contribution in [0.2, 0.25) is 0 Å². The van der Waals surface area contributed by atoms with Crippen LogP contribution in [0, 0.1) is 0 Å². The molecule has 5 heteroatoms. The standard InChI is InChI=1S/C19H41NO3Si/c1-17(2,3)21-24(22-18(4,5)6,23-19(7,8)9)16-20-14-12-10-11-13-15-20/h10-16H2,1-9H3. The van der Waals surface area contributed by atoms with Crippen LogP contribution in [0.25, 0.3) is 0 Å². The van der Waals surface area contributed by atoms with Crippen LogP contribution in [0.5, 0.6) is 0 Å². The Morgan fingerprint density at radius 3 is 1.25 bits per heavy atom. The van der Waals surface area contributed by atoms with E-state index >= 15 is 0 Å². The fourth-order valence-corrected chi connectivity index (χ4v) is 7.11. The summed E-state index contributed by atoms with van der Waals surface area (Å²) >= 11 is 0. The third-order valence-electron chi connectivity index (χ3n) is 3.50. The lowest BCUT2D eigenvalue weighted by molar-refractivity contribution is -0.0809. The van der Waals surface area contributed by atoms with Gasteiger partial charge < -0.3 is 13.3 Å².